The highest BCUT2D eigenvalue weighted by Crippen LogP contribution is 2.14. The Bertz CT molecular complexity index is 1310. The van der Waals surface area contributed by atoms with Gasteiger partial charge in [0.05, 0.1) is 0 Å². The minimum atomic E-state index is -0.797. The number of carbonyl (C=O) groups excluding carboxylic acids is 3. The third-order valence-corrected chi connectivity index (χ3v) is 11.1. The molecule has 0 aromatic rings. The molecule has 0 heterocycles. The van der Waals surface area contributed by atoms with Gasteiger partial charge in [-0.25, -0.2) is 0 Å². The van der Waals surface area contributed by atoms with Crippen molar-refractivity contribution in [2.45, 2.75) is 245 Å². The summed E-state index contributed by atoms with van der Waals surface area (Å²) in [4.78, 5) is 38.0. The molecule has 0 saturated carbocycles. The predicted octanol–water partition coefficient (Wildman–Crippen LogP) is 17.8. The van der Waals surface area contributed by atoms with E-state index in [0.717, 1.165) is 122 Å². The molecule has 0 saturated heterocycles. The van der Waals surface area contributed by atoms with E-state index in [9.17, 15) is 14.4 Å². The highest BCUT2D eigenvalue weighted by molar-refractivity contribution is 5.71. The molecule has 0 aromatic carbocycles. The molecule has 0 aliphatic rings. The molecule has 0 rings (SSSR count). The average Bonchev–Trinajstić information content (AvgIpc) is 3.30. The number of hydrogen-bond acceptors (Lipinski definition) is 6. The summed E-state index contributed by atoms with van der Waals surface area (Å²) < 4.78 is 16.8. The SMILES string of the molecule is CC/C=C\C/C=C\C/C=C\C/C=C\C/C=C\CCCCCC(=O)OC[C@@H](COC(=O)CCCCCCCCCCC)OC(=O)CCCCCCCC/C=C\C/C=C\C/C=C\CCCCC. The molecule has 0 radical (unpaired) electrons. The van der Waals surface area contributed by atoms with Crippen molar-refractivity contribution in [1.29, 1.82) is 0 Å². The first kappa shape index (κ1) is 61.3. The molecule has 0 spiro atoms. The molecule has 0 aliphatic carbocycles. The maximum Gasteiger partial charge on any atom is 0.306 e. The lowest BCUT2D eigenvalue weighted by atomic mass is 10.1. The third-order valence-electron chi connectivity index (χ3n) is 11.1. The molecule has 370 valence electrons. The van der Waals surface area contributed by atoms with Crippen LogP contribution in [0, 0.1) is 0 Å². The van der Waals surface area contributed by atoms with E-state index in [4.69, 9.17) is 14.2 Å². The summed E-state index contributed by atoms with van der Waals surface area (Å²) in [6.07, 6.45) is 69.6. The Morgan fingerprint density at radius 3 is 0.985 bits per heavy atom. The quantitative estimate of drug-likeness (QED) is 0.0262. The summed E-state index contributed by atoms with van der Waals surface area (Å²) in [5.41, 5.74) is 0. The van der Waals surface area contributed by atoms with Crippen molar-refractivity contribution in [1.82, 2.24) is 0 Å². The Hall–Kier alpha value is -3.67. The van der Waals surface area contributed by atoms with Crippen LogP contribution in [0.5, 0.6) is 0 Å². The lowest BCUT2D eigenvalue weighted by Gasteiger charge is -2.18. The fourth-order valence-electron chi connectivity index (χ4n) is 7.06. The average molecular weight is 903 g/mol. The van der Waals surface area contributed by atoms with Crippen LogP contribution in [0.2, 0.25) is 0 Å². The Labute approximate surface area is 400 Å². The number of unbranched alkanes of at least 4 members (excludes halogenated alkanes) is 20. The zero-order valence-electron chi connectivity index (χ0n) is 42.2. The normalized spacial score (nSPS) is 12.8. The molecule has 0 N–H and O–H groups in total. The monoisotopic (exact) mass is 903 g/mol. The second kappa shape index (κ2) is 52.9. The molecule has 0 bridgehead atoms. The van der Waals surface area contributed by atoms with Gasteiger partial charge < -0.3 is 14.2 Å². The van der Waals surface area contributed by atoms with Crippen molar-refractivity contribution < 1.29 is 28.6 Å². The topological polar surface area (TPSA) is 78.9 Å². The molecule has 0 aromatic heterocycles. The van der Waals surface area contributed by atoms with Gasteiger partial charge in [-0.05, 0) is 103 Å². The van der Waals surface area contributed by atoms with Gasteiger partial charge in [-0.15, -0.1) is 0 Å². The fourth-order valence-corrected chi connectivity index (χ4v) is 7.06. The minimum Gasteiger partial charge on any atom is -0.462 e. The summed E-state index contributed by atoms with van der Waals surface area (Å²) in [6.45, 7) is 6.43. The van der Waals surface area contributed by atoms with E-state index in [1.165, 1.54) is 77.0 Å². The van der Waals surface area contributed by atoms with E-state index in [2.05, 4.69) is 118 Å². The van der Waals surface area contributed by atoms with Crippen LogP contribution in [0.15, 0.2) is 97.2 Å². The molecule has 1 atom stereocenters. The molecule has 0 unspecified atom stereocenters. The van der Waals surface area contributed by atoms with Crippen LogP contribution in [-0.4, -0.2) is 37.2 Å². The van der Waals surface area contributed by atoms with Gasteiger partial charge in [0.15, 0.2) is 6.10 Å². The second-order valence-electron chi connectivity index (χ2n) is 17.4. The van der Waals surface area contributed by atoms with Gasteiger partial charge in [0, 0.05) is 19.3 Å². The molecule has 65 heavy (non-hydrogen) atoms. The van der Waals surface area contributed by atoms with Crippen LogP contribution in [-0.2, 0) is 28.6 Å². The molecular weight excluding hydrogens is 805 g/mol. The molecule has 0 fully saturated rings. The van der Waals surface area contributed by atoms with E-state index >= 15 is 0 Å². The van der Waals surface area contributed by atoms with Crippen molar-refractivity contribution in [2.24, 2.45) is 0 Å². The lowest BCUT2D eigenvalue weighted by molar-refractivity contribution is -0.167. The Morgan fingerprint density at radius 1 is 0.323 bits per heavy atom. The number of carbonyl (C=O) groups is 3. The number of esters is 3. The van der Waals surface area contributed by atoms with Crippen molar-refractivity contribution in [3.05, 3.63) is 97.2 Å². The van der Waals surface area contributed by atoms with Crippen LogP contribution in [0.1, 0.15) is 239 Å². The number of ether oxygens (including phenoxy) is 3. The molecule has 6 nitrogen and oxygen atoms in total. The van der Waals surface area contributed by atoms with Crippen molar-refractivity contribution >= 4 is 17.9 Å². The van der Waals surface area contributed by atoms with Crippen LogP contribution in [0.25, 0.3) is 0 Å². The minimum absolute atomic E-state index is 0.0935. The molecule has 0 aliphatic heterocycles. The van der Waals surface area contributed by atoms with Crippen LogP contribution in [0.4, 0.5) is 0 Å². The number of allylic oxidation sites excluding steroid dienone is 16. The Kier molecular flexibility index (Phi) is 50.0. The van der Waals surface area contributed by atoms with Gasteiger partial charge in [-0.2, -0.15) is 0 Å². The Balaban J connectivity index is 4.41. The first-order valence-corrected chi connectivity index (χ1v) is 26.7. The first-order valence-electron chi connectivity index (χ1n) is 26.7. The lowest BCUT2D eigenvalue weighted by Crippen LogP contribution is -2.30. The molecule has 6 heteroatoms. The second-order valence-corrected chi connectivity index (χ2v) is 17.4. The highest BCUT2D eigenvalue weighted by atomic mass is 16.6. The maximum atomic E-state index is 12.8. The fraction of sp³-hybridized carbons (Fsp3) is 0.678. The van der Waals surface area contributed by atoms with Gasteiger partial charge in [0.25, 0.3) is 0 Å². The summed E-state index contributed by atoms with van der Waals surface area (Å²) >= 11 is 0. The van der Waals surface area contributed by atoms with Gasteiger partial charge >= 0.3 is 17.9 Å². The van der Waals surface area contributed by atoms with Gasteiger partial charge in [-0.1, -0.05) is 214 Å². The predicted molar refractivity (Wildman–Crippen MR) is 279 cm³/mol. The van der Waals surface area contributed by atoms with Crippen LogP contribution < -0.4 is 0 Å². The van der Waals surface area contributed by atoms with Crippen LogP contribution >= 0.6 is 0 Å². The van der Waals surface area contributed by atoms with Gasteiger partial charge in [0.1, 0.15) is 13.2 Å². The molecular formula is C59H98O6. The zero-order chi connectivity index (χ0) is 47.2. The number of hydrogen-bond donors (Lipinski definition) is 0. The summed E-state index contributed by atoms with van der Waals surface area (Å²) in [5.74, 6) is -0.944. The van der Waals surface area contributed by atoms with Crippen molar-refractivity contribution in [2.75, 3.05) is 13.2 Å². The maximum absolute atomic E-state index is 12.8. The van der Waals surface area contributed by atoms with E-state index < -0.39 is 6.10 Å². The zero-order valence-corrected chi connectivity index (χ0v) is 42.2. The van der Waals surface area contributed by atoms with Crippen LogP contribution in [0.3, 0.4) is 0 Å². The smallest absolute Gasteiger partial charge is 0.306 e. The van der Waals surface area contributed by atoms with E-state index in [1.54, 1.807) is 0 Å². The highest BCUT2D eigenvalue weighted by Gasteiger charge is 2.19. The van der Waals surface area contributed by atoms with Crippen molar-refractivity contribution in [3.63, 3.8) is 0 Å². The van der Waals surface area contributed by atoms with Gasteiger partial charge in [-0.3, -0.25) is 14.4 Å². The summed E-state index contributed by atoms with van der Waals surface area (Å²) in [5, 5.41) is 0. The standard InChI is InChI=1S/C59H98O6/c1-4-7-10-13-16-19-21-23-25-27-29-31-33-35-37-40-43-46-49-52-58(61)64-55-56(54-63-57(60)51-48-45-42-39-18-15-12-9-6-3)65-59(62)53-50-47-44-41-38-36-34-32-30-28-26-24-22-20-17-14-11-8-5-2/h7,10,16-17,19-20,23-26,29-32,35,37,56H,4-6,8-9,11-15,18,21-22,27-28,33-34,36,38-55H2,1-3H3/b10-7-,19-16-,20-17-,25-23-,26-24-,31-29-,32-30-,37-35-/t56-/m1/s1. The van der Waals surface area contributed by atoms with Crippen molar-refractivity contribution in [3.8, 4) is 0 Å². The van der Waals surface area contributed by atoms with E-state index in [0.29, 0.717) is 19.3 Å². The first-order chi connectivity index (χ1) is 32.0. The number of rotatable bonds is 47. The Morgan fingerprint density at radius 2 is 0.600 bits per heavy atom. The third kappa shape index (κ3) is 51.2. The largest absolute Gasteiger partial charge is 0.462 e. The van der Waals surface area contributed by atoms with E-state index in [-0.39, 0.29) is 31.1 Å². The summed E-state index contributed by atoms with van der Waals surface area (Å²) in [7, 11) is 0. The van der Waals surface area contributed by atoms with E-state index in [1.807, 2.05) is 0 Å². The summed E-state index contributed by atoms with van der Waals surface area (Å²) in [6, 6.07) is 0. The molecule has 0 amide bonds. The van der Waals surface area contributed by atoms with Gasteiger partial charge in [0.2, 0.25) is 0 Å².